The lowest BCUT2D eigenvalue weighted by atomic mass is 10.1. The monoisotopic (exact) mass is 278 g/mol. The number of benzene rings is 1. The number of carbonyl (C=O) groups excluding carboxylic acids is 1. The lowest BCUT2D eigenvalue weighted by molar-refractivity contribution is -0.153. The quantitative estimate of drug-likeness (QED) is 0.437. The van der Waals surface area contributed by atoms with E-state index in [4.69, 9.17) is 14.2 Å². The van der Waals surface area contributed by atoms with Crippen molar-refractivity contribution in [2.45, 2.75) is 32.8 Å². The Bertz CT molecular complexity index is 446. The van der Waals surface area contributed by atoms with Gasteiger partial charge in [-0.25, -0.2) is 0 Å². The molecule has 0 atom stereocenters. The molecule has 0 N–H and O–H groups in total. The first-order valence-electron chi connectivity index (χ1n) is 6.57. The van der Waals surface area contributed by atoms with Crippen LogP contribution in [0.5, 0.6) is 5.75 Å². The average Bonchev–Trinajstić information content (AvgIpc) is 2.34. The third-order valence-corrected chi connectivity index (χ3v) is 2.30. The van der Waals surface area contributed by atoms with Crippen LogP contribution in [-0.2, 0) is 20.7 Å². The molecule has 0 aromatic heterocycles. The van der Waals surface area contributed by atoms with Gasteiger partial charge in [0.1, 0.15) is 24.6 Å². The minimum absolute atomic E-state index is 0.190. The van der Waals surface area contributed by atoms with Crippen LogP contribution in [0.1, 0.15) is 26.3 Å². The molecule has 0 heterocycles. The molecule has 1 rings (SSSR count). The molecule has 0 saturated carbocycles. The van der Waals surface area contributed by atoms with Crippen LogP contribution in [0, 0.1) is 0 Å². The van der Waals surface area contributed by atoms with Gasteiger partial charge in [-0.1, -0.05) is 24.8 Å². The van der Waals surface area contributed by atoms with E-state index in [9.17, 15) is 4.79 Å². The summed E-state index contributed by atoms with van der Waals surface area (Å²) in [5.41, 5.74) is 0.324. The number of ether oxygens (including phenoxy) is 3. The highest BCUT2D eigenvalue weighted by molar-refractivity contribution is 5.74. The Labute approximate surface area is 120 Å². The second-order valence-electron chi connectivity index (χ2n) is 5.26. The van der Waals surface area contributed by atoms with Gasteiger partial charge in [0.2, 0.25) is 0 Å². The van der Waals surface area contributed by atoms with E-state index in [-0.39, 0.29) is 12.4 Å². The van der Waals surface area contributed by atoms with Crippen molar-refractivity contribution in [2.24, 2.45) is 0 Å². The highest BCUT2D eigenvalue weighted by atomic mass is 16.6. The fourth-order valence-electron chi connectivity index (χ4n) is 1.61. The third kappa shape index (κ3) is 6.27. The largest absolute Gasteiger partial charge is 0.498 e. The molecule has 0 bridgehead atoms. The Hall–Kier alpha value is -1.97. The van der Waals surface area contributed by atoms with Gasteiger partial charge >= 0.3 is 5.97 Å². The lowest BCUT2D eigenvalue weighted by Crippen LogP contribution is -2.25. The molecule has 0 radical (unpaired) electrons. The average molecular weight is 278 g/mol. The molecule has 0 aliphatic carbocycles. The van der Waals surface area contributed by atoms with Gasteiger partial charge in [-0.05, 0) is 26.8 Å². The molecule has 0 aliphatic heterocycles. The number of hydrogen-bond acceptors (Lipinski definition) is 4. The molecular weight excluding hydrogens is 256 g/mol. The van der Waals surface area contributed by atoms with Crippen LogP contribution in [-0.4, -0.2) is 24.8 Å². The summed E-state index contributed by atoms with van der Waals surface area (Å²) in [7, 11) is 0. The maximum atomic E-state index is 11.8. The van der Waals surface area contributed by atoms with Gasteiger partial charge in [0.15, 0.2) is 0 Å². The number of rotatable bonds is 7. The summed E-state index contributed by atoms with van der Waals surface area (Å²) in [6, 6.07) is 7.41. The molecule has 1 aromatic rings. The summed E-state index contributed by atoms with van der Waals surface area (Å²) in [4.78, 5) is 11.8. The first kappa shape index (κ1) is 16.1. The molecule has 0 fully saturated rings. The number of esters is 1. The van der Waals surface area contributed by atoms with Crippen molar-refractivity contribution in [3.05, 3.63) is 42.7 Å². The summed E-state index contributed by atoms with van der Waals surface area (Å²) < 4.78 is 15.9. The molecular formula is C16H22O4. The zero-order chi connectivity index (χ0) is 15.0. The van der Waals surface area contributed by atoms with Crippen molar-refractivity contribution in [2.75, 3.05) is 13.2 Å². The summed E-state index contributed by atoms with van der Waals surface area (Å²) in [5.74, 6) is 0.405. The van der Waals surface area contributed by atoms with E-state index in [1.807, 2.05) is 45.0 Å². The minimum Gasteiger partial charge on any atom is -0.498 e. The van der Waals surface area contributed by atoms with Crippen molar-refractivity contribution in [3.63, 3.8) is 0 Å². The smallest absolute Gasteiger partial charge is 0.310 e. The maximum Gasteiger partial charge on any atom is 0.310 e. The van der Waals surface area contributed by atoms with Crippen LogP contribution in [0.25, 0.3) is 0 Å². The second-order valence-corrected chi connectivity index (χ2v) is 5.26. The molecule has 20 heavy (non-hydrogen) atoms. The Morgan fingerprint density at radius 2 is 1.95 bits per heavy atom. The molecule has 110 valence electrons. The standard InChI is InChI=1S/C16H22O4/c1-5-18-10-11-19-14-9-7-6-8-13(14)12-15(17)20-16(2,3)4/h5-9H,1,10-12H2,2-4H3. The summed E-state index contributed by atoms with van der Waals surface area (Å²) >= 11 is 0. The van der Waals surface area contributed by atoms with E-state index in [2.05, 4.69) is 6.58 Å². The van der Waals surface area contributed by atoms with E-state index < -0.39 is 5.60 Å². The van der Waals surface area contributed by atoms with Crippen molar-refractivity contribution in [3.8, 4) is 5.75 Å². The molecule has 0 unspecified atom stereocenters. The predicted octanol–water partition coefficient (Wildman–Crippen LogP) is 3.11. The Kier molecular flexibility index (Phi) is 6.10. The van der Waals surface area contributed by atoms with Crippen molar-refractivity contribution in [1.82, 2.24) is 0 Å². The molecule has 4 nitrogen and oxygen atoms in total. The SMILES string of the molecule is C=COCCOc1ccccc1CC(=O)OC(C)(C)C. The summed E-state index contributed by atoms with van der Waals surface area (Å²) in [5, 5.41) is 0. The van der Waals surface area contributed by atoms with Gasteiger partial charge in [0, 0.05) is 5.56 Å². The first-order chi connectivity index (χ1) is 9.42. The molecule has 0 amide bonds. The molecule has 0 spiro atoms. The van der Waals surface area contributed by atoms with Crippen molar-refractivity contribution >= 4 is 5.97 Å². The van der Waals surface area contributed by atoms with Crippen LogP contribution in [0.4, 0.5) is 0 Å². The Morgan fingerprint density at radius 3 is 2.60 bits per heavy atom. The maximum absolute atomic E-state index is 11.8. The minimum atomic E-state index is -0.481. The zero-order valence-electron chi connectivity index (χ0n) is 12.3. The van der Waals surface area contributed by atoms with Gasteiger partial charge in [0.25, 0.3) is 0 Å². The zero-order valence-corrected chi connectivity index (χ0v) is 12.3. The van der Waals surface area contributed by atoms with Crippen LogP contribution in [0.15, 0.2) is 37.1 Å². The van der Waals surface area contributed by atoms with Gasteiger partial charge < -0.3 is 14.2 Å². The first-order valence-corrected chi connectivity index (χ1v) is 6.57. The molecule has 1 aromatic carbocycles. The third-order valence-electron chi connectivity index (χ3n) is 2.30. The summed E-state index contributed by atoms with van der Waals surface area (Å²) in [6.45, 7) is 9.82. The van der Waals surface area contributed by atoms with E-state index in [1.54, 1.807) is 0 Å². The topological polar surface area (TPSA) is 44.8 Å². The van der Waals surface area contributed by atoms with Crippen LogP contribution >= 0.6 is 0 Å². The highest BCUT2D eigenvalue weighted by Gasteiger charge is 2.17. The molecule has 0 aliphatic rings. The lowest BCUT2D eigenvalue weighted by Gasteiger charge is -2.20. The Morgan fingerprint density at radius 1 is 1.25 bits per heavy atom. The fraction of sp³-hybridized carbons (Fsp3) is 0.438. The molecule has 4 heteroatoms. The number of para-hydroxylation sites is 1. The van der Waals surface area contributed by atoms with E-state index >= 15 is 0 Å². The van der Waals surface area contributed by atoms with E-state index in [0.29, 0.717) is 19.0 Å². The number of hydrogen-bond donors (Lipinski definition) is 0. The van der Waals surface area contributed by atoms with Crippen molar-refractivity contribution in [1.29, 1.82) is 0 Å². The van der Waals surface area contributed by atoms with Gasteiger partial charge in [-0.2, -0.15) is 0 Å². The Balaban J connectivity index is 2.60. The van der Waals surface area contributed by atoms with Crippen LogP contribution < -0.4 is 4.74 Å². The van der Waals surface area contributed by atoms with E-state index in [1.165, 1.54) is 6.26 Å². The van der Waals surface area contributed by atoms with Gasteiger partial charge in [0.05, 0.1) is 12.7 Å². The van der Waals surface area contributed by atoms with Gasteiger partial charge in [-0.3, -0.25) is 4.79 Å². The van der Waals surface area contributed by atoms with E-state index in [0.717, 1.165) is 5.56 Å². The van der Waals surface area contributed by atoms with Crippen molar-refractivity contribution < 1.29 is 19.0 Å². The number of carbonyl (C=O) groups is 1. The van der Waals surface area contributed by atoms with Crippen LogP contribution in [0.3, 0.4) is 0 Å². The van der Waals surface area contributed by atoms with Gasteiger partial charge in [-0.15, -0.1) is 0 Å². The molecule has 0 saturated heterocycles. The van der Waals surface area contributed by atoms with Crippen LogP contribution in [0.2, 0.25) is 0 Å². The predicted molar refractivity (Wildman–Crippen MR) is 77.6 cm³/mol. The normalized spacial score (nSPS) is 10.8. The summed E-state index contributed by atoms with van der Waals surface area (Å²) in [6.07, 6.45) is 1.56. The second kappa shape index (κ2) is 7.58. The fourth-order valence-corrected chi connectivity index (χ4v) is 1.61. The highest BCUT2D eigenvalue weighted by Crippen LogP contribution is 2.20.